The first kappa shape index (κ1) is 26.7. The van der Waals surface area contributed by atoms with Crippen LogP contribution in [0, 0.1) is 11.6 Å². The van der Waals surface area contributed by atoms with Crippen LogP contribution in [0.1, 0.15) is 38.3 Å². The highest BCUT2D eigenvalue weighted by molar-refractivity contribution is 8.01. The van der Waals surface area contributed by atoms with Crippen LogP contribution in [0.3, 0.4) is 0 Å². The third kappa shape index (κ3) is 6.67. The lowest BCUT2D eigenvalue weighted by molar-refractivity contribution is 0.0611. The number of nitrogens with zero attached hydrogens (tertiary/aromatic N) is 3. The molecular formula is C25H27ClF2N4O2S2. The topological polar surface area (TPSA) is 57.7 Å². The number of ether oxygens (including phenoxy) is 1. The second-order valence-electron chi connectivity index (χ2n) is 9.34. The van der Waals surface area contributed by atoms with Gasteiger partial charge in [-0.1, -0.05) is 23.7 Å². The van der Waals surface area contributed by atoms with E-state index in [9.17, 15) is 9.18 Å². The molecule has 0 unspecified atom stereocenters. The average Bonchev–Trinajstić information content (AvgIpc) is 3.29. The van der Waals surface area contributed by atoms with E-state index < -0.39 is 17.5 Å². The van der Waals surface area contributed by atoms with Crippen LogP contribution in [-0.2, 0) is 17.8 Å². The van der Waals surface area contributed by atoms with Crippen LogP contribution in [0.4, 0.5) is 25.1 Å². The van der Waals surface area contributed by atoms with Gasteiger partial charge in [-0.2, -0.15) is 4.31 Å². The summed E-state index contributed by atoms with van der Waals surface area (Å²) in [5.41, 5.74) is 2.58. The lowest BCUT2D eigenvalue weighted by Gasteiger charge is -2.31. The summed E-state index contributed by atoms with van der Waals surface area (Å²) in [6.45, 7) is 8.07. The van der Waals surface area contributed by atoms with Crippen molar-refractivity contribution < 1.29 is 18.3 Å². The third-order valence-electron chi connectivity index (χ3n) is 5.41. The Morgan fingerprint density at radius 3 is 2.69 bits per heavy atom. The van der Waals surface area contributed by atoms with Crippen molar-refractivity contribution in [3.63, 3.8) is 0 Å². The number of likely N-dealkylation sites (tertiary alicyclic amines) is 1. The van der Waals surface area contributed by atoms with Gasteiger partial charge < -0.3 is 10.1 Å². The van der Waals surface area contributed by atoms with E-state index in [-0.39, 0.29) is 22.3 Å². The molecule has 1 aromatic heterocycles. The number of thiazole rings is 1. The minimum atomic E-state index is -0.739. The molecule has 1 aliphatic heterocycles. The number of hydrogen-bond acceptors (Lipinski definition) is 7. The summed E-state index contributed by atoms with van der Waals surface area (Å²) in [5.74, 6) is -0.586. The van der Waals surface area contributed by atoms with Gasteiger partial charge in [0.2, 0.25) is 0 Å². The van der Waals surface area contributed by atoms with E-state index in [0.717, 1.165) is 37.0 Å². The van der Waals surface area contributed by atoms with Crippen molar-refractivity contribution in [3.05, 3.63) is 69.0 Å². The number of hydrogen-bond donors (Lipinski definition) is 1. The number of amides is 1. The standard InChI is InChI=1S/C25H27ClF2N4O2S2/c1-25(2,3)34-24(33)32(23-14-35-15-30-23)36-22-10-18(26)21(11-20(22)28)29-12-17-16(6-4-7-19(17)27)13-31-8-5-9-31/h4,6-7,10-11,14-15,29H,5,8-9,12-13H2,1-3H3. The van der Waals surface area contributed by atoms with Crippen LogP contribution in [0.25, 0.3) is 0 Å². The fourth-order valence-electron chi connectivity index (χ4n) is 3.53. The molecule has 0 saturated carbocycles. The number of benzene rings is 2. The highest BCUT2D eigenvalue weighted by atomic mass is 35.5. The van der Waals surface area contributed by atoms with Gasteiger partial charge in [-0.25, -0.2) is 18.6 Å². The lowest BCUT2D eigenvalue weighted by atomic mass is 10.0. The molecule has 2 aromatic carbocycles. The monoisotopic (exact) mass is 552 g/mol. The second-order valence-corrected chi connectivity index (χ2v) is 11.4. The van der Waals surface area contributed by atoms with Gasteiger partial charge in [-0.3, -0.25) is 4.90 Å². The Hall–Kier alpha value is -2.40. The number of rotatable bonds is 8. The van der Waals surface area contributed by atoms with Crippen molar-refractivity contribution in [2.24, 2.45) is 0 Å². The van der Waals surface area contributed by atoms with Crippen molar-refractivity contribution in [2.45, 2.75) is 50.8 Å². The highest BCUT2D eigenvalue weighted by Crippen LogP contribution is 2.36. The Morgan fingerprint density at radius 2 is 2.06 bits per heavy atom. The fourth-order valence-corrected chi connectivity index (χ4v) is 5.23. The van der Waals surface area contributed by atoms with Crippen molar-refractivity contribution in [1.82, 2.24) is 9.88 Å². The van der Waals surface area contributed by atoms with Crippen LogP contribution in [-0.4, -0.2) is 34.7 Å². The van der Waals surface area contributed by atoms with Gasteiger partial charge in [-0.05, 0) is 64.0 Å². The van der Waals surface area contributed by atoms with Gasteiger partial charge in [0, 0.05) is 36.0 Å². The zero-order valence-electron chi connectivity index (χ0n) is 20.2. The highest BCUT2D eigenvalue weighted by Gasteiger charge is 2.27. The first-order chi connectivity index (χ1) is 17.1. The summed E-state index contributed by atoms with van der Waals surface area (Å²) < 4.78 is 36.4. The van der Waals surface area contributed by atoms with Gasteiger partial charge >= 0.3 is 6.09 Å². The Balaban J connectivity index is 1.51. The maximum absolute atomic E-state index is 15.1. The fraction of sp³-hybridized carbons (Fsp3) is 0.360. The quantitative estimate of drug-likeness (QED) is 0.295. The molecule has 0 bridgehead atoms. The van der Waals surface area contributed by atoms with E-state index in [1.54, 1.807) is 37.7 Å². The second kappa shape index (κ2) is 11.3. The van der Waals surface area contributed by atoms with E-state index in [2.05, 4.69) is 15.2 Å². The molecule has 1 aliphatic rings. The molecule has 1 saturated heterocycles. The Morgan fingerprint density at radius 1 is 1.28 bits per heavy atom. The van der Waals surface area contributed by atoms with E-state index >= 15 is 4.39 Å². The van der Waals surface area contributed by atoms with Gasteiger partial charge in [0.25, 0.3) is 0 Å². The van der Waals surface area contributed by atoms with Gasteiger partial charge in [0.15, 0.2) is 5.82 Å². The van der Waals surface area contributed by atoms with E-state index in [1.165, 1.54) is 33.8 Å². The normalized spacial score (nSPS) is 13.8. The molecule has 3 aromatic rings. The van der Waals surface area contributed by atoms with Gasteiger partial charge in [0.1, 0.15) is 17.2 Å². The maximum atomic E-state index is 15.1. The number of carbonyl (C=O) groups excluding carboxylic acids is 1. The third-order valence-corrected chi connectivity index (χ3v) is 7.33. The molecule has 0 spiro atoms. The summed E-state index contributed by atoms with van der Waals surface area (Å²) in [6, 6.07) is 7.70. The van der Waals surface area contributed by atoms with Crippen LogP contribution < -0.4 is 9.62 Å². The first-order valence-corrected chi connectivity index (χ1v) is 13.5. The molecule has 1 N–H and O–H groups in total. The Bertz CT molecular complexity index is 1220. The molecule has 36 heavy (non-hydrogen) atoms. The molecular weight excluding hydrogens is 526 g/mol. The van der Waals surface area contributed by atoms with Crippen LogP contribution in [0.5, 0.6) is 0 Å². The SMILES string of the molecule is CC(C)(C)OC(=O)N(Sc1cc(Cl)c(NCc2c(F)cccc2CN2CCC2)cc1F)c1cscn1. The minimum Gasteiger partial charge on any atom is -0.443 e. The summed E-state index contributed by atoms with van der Waals surface area (Å²) in [7, 11) is 0. The maximum Gasteiger partial charge on any atom is 0.426 e. The molecule has 6 nitrogen and oxygen atoms in total. The molecule has 0 radical (unpaired) electrons. The number of halogens is 3. The summed E-state index contributed by atoms with van der Waals surface area (Å²) >= 11 is 8.60. The largest absolute Gasteiger partial charge is 0.443 e. The molecule has 0 atom stereocenters. The Labute approximate surface area is 222 Å². The molecule has 192 valence electrons. The first-order valence-electron chi connectivity index (χ1n) is 11.4. The predicted molar refractivity (Wildman–Crippen MR) is 142 cm³/mol. The zero-order chi connectivity index (χ0) is 25.9. The molecule has 1 fully saturated rings. The van der Waals surface area contributed by atoms with Crippen molar-refractivity contribution >= 4 is 52.5 Å². The molecule has 11 heteroatoms. The van der Waals surface area contributed by atoms with Crippen LogP contribution in [0.2, 0.25) is 5.02 Å². The summed E-state index contributed by atoms with van der Waals surface area (Å²) in [6.07, 6.45) is 0.473. The smallest absolute Gasteiger partial charge is 0.426 e. The van der Waals surface area contributed by atoms with Crippen LogP contribution in [0.15, 0.2) is 46.1 Å². The number of aromatic nitrogens is 1. The molecule has 0 aliphatic carbocycles. The van der Waals surface area contributed by atoms with Crippen LogP contribution >= 0.6 is 34.9 Å². The predicted octanol–water partition coefficient (Wildman–Crippen LogP) is 7.34. The number of nitrogens with one attached hydrogen (secondary N) is 1. The van der Waals surface area contributed by atoms with Crippen molar-refractivity contribution in [3.8, 4) is 0 Å². The Kier molecular flexibility index (Phi) is 8.39. The minimum absolute atomic E-state index is 0.119. The molecule has 2 heterocycles. The molecule has 4 rings (SSSR count). The lowest BCUT2D eigenvalue weighted by Crippen LogP contribution is -2.36. The van der Waals surface area contributed by atoms with E-state index in [1.807, 2.05) is 6.07 Å². The van der Waals surface area contributed by atoms with Crippen molar-refractivity contribution in [2.75, 3.05) is 22.7 Å². The average molecular weight is 553 g/mol. The summed E-state index contributed by atoms with van der Waals surface area (Å²) in [5, 5.41) is 4.97. The zero-order valence-corrected chi connectivity index (χ0v) is 22.6. The summed E-state index contributed by atoms with van der Waals surface area (Å²) in [4.78, 5) is 19.3. The van der Waals surface area contributed by atoms with E-state index in [4.69, 9.17) is 16.3 Å². The van der Waals surface area contributed by atoms with Gasteiger partial charge in [0.05, 0.1) is 21.1 Å². The van der Waals surface area contributed by atoms with Gasteiger partial charge in [-0.15, -0.1) is 11.3 Å². The molecule has 1 amide bonds. The van der Waals surface area contributed by atoms with Crippen molar-refractivity contribution in [1.29, 1.82) is 0 Å². The number of carbonyl (C=O) groups is 1. The van der Waals surface area contributed by atoms with E-state index in [0.29, 0.717) is 23.6 Å². The number of anilines is 2.